The van der Waals surface area contributed by atoms with Crippen LogP contribution in [0.1, 0.15) is 13.3 Å². The first-order valence-corrected chi connectivity index (χ1v) is 8.24. The van der Waals surface area contributed by atoms with Crippen molar-refractivity contribution in [2.75, 3.05) is 17.7 Å². The van der Waals surface area contributed by atoms with Gasteiger partial charge in [0.2, 0.25) is 0 Å². The molecule has 2 atom stereocenters. The summed E-state index contributed by atoms with van der Waals surface area (Å²) in [5, 5.41) is 0. The molecule has 0 saturated heterocycles. The first-order chi connectivity index (χ1) is 6.87. The van der Waals surface area contributed by atoms with Crippen molar-refractivity contribution in [1.29, 1.82) is 0 Å². The molecule has 0 aliphatic carbocycles. The summed E-state index contributed by atoms with van der Waals surface area (Å²) in [5.74, 6) is 0.937. The molecule has 8 heteroatoms. The highest BCUT2D eigenvalue weighted by Crippen LogP contribution is 2.43. The van der Waals surface area contributed by atoms with Crippen molar-refractivity contribution < 1.29 is 18.2 Å². The van der Waals surface area contributed by atoms with Crippen LogP contribution in [-0.4, -0.2) is 26.8 Å². The Morgan fingerprint density at radius 2 is 2.20 bits per heavy atom. The van der Waals surface area contributed by atoms with Crippen LogP contribution in [0.15, 0.2) is 10.8 Å². The van der Waals surface area contributed by atoms with Gasteiger partial charge in [-0.25, -0.2) is 4.57 Å². The van der Waals surface area contributed by atoms with Crippen molar-refractivity contribution in [1.82, 2.24) is 0 Å². The van der Waals surface area contributed by atoms with Crippen molar-refractivity contribution in [3.63, 3.8) is 0 Å². The summed E-state index contributed by atoms with van der Waals surface area (Å²) < 4.78 is 26.5. The van der Waals surface area contributed by atoms with Gasteiger partial charge in [0, 0.05) is 22.3 Å². The van der Waals surface area contributed by atoms with Gasteiger partial charge in [-0.05, 0) is 6.42 Å². The minimum absolute atomic E-state index is 0.0592. The number of rotatable bonds is 7. The van der Waals surface area contributed by atoms with E-state index in [-0.39, 0.29) is 10.7 Å². The van der Waals surface area contributed by atoms with Gasteiger partial charge in [0.1, 0.15) is 10.8 Å². The summed E-state index contributed by atoms with van der Waals surface area (Å²) in [7, 11) is -4.62. The molecule has 0 aromatic rings. The fourth-order valence-corrected chi connectivity index (χ4v) is 2.86. The number of hydrogen-bond acceptors (Lipinski definition) is 3. The fraction of sp³-hybridized carbons (Fsp3) is 0.714. The smallest absolute Gasteiger partial charge is 0.376 e. The van der Waals surface area contributed by atoms with Gasteiger partial charge < -0.3 is 9.42 Å². The van der Waals surface area contributed by atoms with E-state index in [9.17, 15) is 13.7 Å². The summed E-state index contributed by atoms with van der Waals surface area (Å²) in [4.78, 5) is 9.22. The standard InChI is InChI=1S/C7H13Cl2O4PS/c1-2-15(12)5-3-4-14(10,11)13-6-7(8)9/h6H,2-5H2,1H3,(H,10,11). The molecule has 0 rings (SSSR count). The normalized spacial score (nSPS) is 16.5. The lowest BCUT2D eigenvalue weighted by Crippen LogP contribution is -2.02. The molecule has 2 unspecified atom stereocenters. The van der Waals surface area contributed by atoms with Crippen LogP contribution in [0, 0.1) is 0 Å². The second kappa shape index (κ2) is 7.69. The van der Waals surface area contributed by atoms with Gasteiger partial charge in [0.15, 0.2) is 0 Å². The Bertz CT molecular complexity index is 291. The summed E-state index contributed by atoms with van der Waals surface area (Å²) in [6.07, 6.45) is 1.12. The first kappa shape index (κ1) is 15.5. The molecule has 4 nitrogen and oxygen atoms in total. The molecule has 15 heavy (non-hydrogen) atoms. The summed E-state index contributed by atoms with van der Waals surface area (Å²) in [6.45, 7) is 1.79. The zero-order chi connectivity index (χ0) is 11.9. The topological polar surface area (TPSA) is 63.6 Å². The molecule has 0 fully saturated rings. The van der Waals surface area contributed by atoms with Gasteiger partial charge in [0.05, 0.1) is 6.16 Å². The Kier molecular flexibility index (Phi) is 7.92. The minimum Gasteiger partial charge on any atom is -0.430 e. The molecule has 0 saturated carbocycles. The third-order valence-electron chi connectivity index (χ3n) is 1.44. The van der Waals surface area contributed by atoms with E-state index in [1.165, 1.54) is 0 Å². The third-order valence-corrected chi connectivity index (χ3v) is 4.32. The van der Waals surface area contributed by atoms with E-state index in [2.05, 4.69) is 4.52 Å². The lowest BCUT2D eigenvalue weighted by Gasteiger charge is -2.09. The van der Waals surface area contributed by atoms with Crippen molar-refractivity contribution in [2.45, 2.75) is 13.3 Å². The second-order valence-electron chi connectivity index (χ2n) is 2.66. The van der Waals surface area contributed by atoms with Gasteiger partial charge in [-0.1, -0.05) is 30.1 Å². The minimum atomic E-state index is -3.69. The lowest BCUT2D eigenvalue weighted by molar-refractivity contribution is 0.347. The van der Waals surface area contributed by atoms with Gasteiger partial charge >= 0.3 is 7.60 Å². The van der Waals surface area contributed by atoms with Crippen LogP contribution in [0.2, 0.25) is 0 Å². The SMILES string of the molecule is CCS(=O)CCCP(=O)(O)OC=C(Cl)Cl. The number of halogens is 2. The summed E-state index contributed by atoms with van der Waals surface area (Å²) >= 11 is 10.4. The van der Waals surface area contributed by atoms with Crippen LogP contribution in [-0.2, 0) is 19.9 Å². The van der Waals surface area contributed by atoms with E-state index < -0.39 is 18.4 Å². The molecular weight excluding hydrogens is 282 g/mol. The lowest BCUT2D eigenvalue weighted by atomic mass is 10.6. The monoisotopic (exact) mass is 294 g/mol. The average molecular weight is 295 g/mol. The van der Waals surface area contributed by atoms with Crippen LogP contribution < -0.4 is 0 Å². The molecule has 0 spiro atoms. The van der Waals surface area contributed by atoms with Crippen LogP contribution in [0.5, 0.6) is 0 Å². The molecule has 0 heterocycles. The second-order valence-corrected chi connectivity index (χ2v) is 7.47. The van der Waals surface area contributed by atoms with Crippen LogP contribution >= 0.6 is 30.8 Å². The predicted octanol–water partition coefficient (Wildman–Crippen LogP) is 2.62. The maximum absolute atomic E-state index is 11.3. The van der Waals surface area contributed by atoms with Crippen LogP contribution in [0.4, 0.5) is 0 Å². The largest absolute Gasteiger partial charge is 0.430 e. The highest BCUT2D eigenvalue weighted by atomic mass is 35.5. The van der Waals surface area contributed by atoms with Crippen LogP contribution in [0.25, 0.3) is 0 Å². The summed E-state index contributed by atoms with van der Waals surface area (Å²) in [5.41, 5.74) is 0. The van der Waals surface area contributed by atoms with Crippen molar-refractivity contribution in [2.24, 2.45) is 0 Å². The molecule has 0 radical (unpaired) electrons. The maximum atomic E-state index is 11.3. The van der Waals surface area contributed by atoms with E-state index in [4.69, 9.17) is 23.2 Å². The molecule has 0 bridgehead atoms. The van der Waals surface area contributed by atoms with E-state index >= 15 is 0 Å². The first-order valence-electron chi connectivity index (χ1n) is 4.23. The molecular formula is C7H13Cl2O4PS. The molecule has 0 aliphatic rings. The molecule has 0 amide bonds. The number of hydrogen-bond donors (Lipinski definition) is 1. The highest BCUT2D eigenvalue weighted by molar-refractivity contribution is 7.84. The summed E-state index contributed by atoms with van der Waals surface area (Å²) in [6, 6.07) is 0. The van der Waals surface area contributed by atoms with E-state index in [0.717, 1.165) is 6.26 Å². The maximum Gasteiger partial charge on any atom is 0.376 e. The molecule has 0 aromatic heterocycles. The Labute approximate surface area is 102 Å². The molecule has 0 aromatic carbocycles. The molecule has 0 aliphatic heterocycles. The molecule has 1 N–H and O–H groups in total. The molecule has 90 valence electrons. The van der Waals surface area contributed by atoms with Crippen LogP contribution in [0.3, 0.4) is 0 Å². The highest BCUT2D eigenvalue weighted by Gasteiger charge is 2.18. The van der Waals surface area contributed by atoms with Gasteiger partial charge in [-0.2, -0.15) is 0 Å². The van der Waals surface area contributed by atoms with E-state index in [1.54, 1.807) is 6.92 Å². The predicted molar refractivity (Wildman–Crippen MR) is 63.7 cm³/mol. The Morgan fingerprint density at radius 3 is 2.67 bits per heavy atom. The Hall–Kier alpha value is 0.460. The average Bonchev–Trinajstić information content (AvgIpc) is 2.14. The van der Waals surface area contributed by atoms with Crippen molar-refractivity contribution in [3.05, 3.63) is 10.8 Å². The zero-order valence-corrected chi connectivity index (χ0v) is 11.4. The zero-order valence-electron chi connectivity index (χ0n) is 8.19. The Morgan fingerprint density at radius 1 is 1.60 bits per heavy atom. The van der Waals surface area contributed by atoms with E-state index in [0.29, 0.717) is 17.9 Å². The van der Waals surface area contributed by atoms with Crippen molar-refractivity contribution in [3.8, 4) is 0 Å². The fourth-order valence-electron chi connectivity index (χ4n) is 0.745. The quantitative estimate of drug-likeness (QED) is 0.579. The third kappa shape index (κ3) is 9.39. The Balaban J connectivity index is 3.89. The van der Waals surface area contributed by atoms with Gasteiger partial charge in [-0.15, -0.1) is 0 Å². The van der Waals surface area contributed by atoms with Crippen molar-refractivity contribution >= 4 is 41.6 Å². The van der Waals surface area contributed by atoms with Gasteiger partial charge in [-0.3, -0.25) is 4.21 Å². The van der Waals surface area contributed by atoms with Gasteiger partial charge in [0.25, 0.3) is 0 Å². The van der Waals surface area contributed by atoms with E-state index in [1.807, 2.05) is 0 Å².